The summed E-state index contributed by atoms with van der Waals surface area (Å²) in [6.07, 6.45) is 1.24. The molecule has 9 heteroatoms. The van der Waals surface area contributed by atoms with Gasteiger partial charge in [0.05, 0.1) is 31.3 Å². The molecule has 1 atom stereocenters. The van der Waals surface area contributed by atoms with E-state index in [0.29, 0.717) is 0 Å². The van der Waals surface area contributed by atoms with Crippen LogP contribution in [-0.4, -0.2) is 36.4 Å². The van der Waals surface area contributed by atoms with Crippen molar-refractivity contribution in [1.29, 1.82) is 0 Å². The Hall–Kier alpha value is -4.14. The van der Waals surface area contributed by atoms with Crippen LogP contribution in [-0.2, 0) is 4.79 Å². The highest BCUT2D eigenvalue weighted by atomic mass is 16.6. The number of rotatable bonds is 7. The van der Waals surface area contributed by atoms with E-state index < -0.39 is 22.3 Å². The number of nitrogens with zero attached hydrogens (tertiary/aromatic N) is 2. The Labute approximate surface area is 178 Å². The minimum Gasteiger partial charge on any atom is -0.500 e. The van der Waals surface area contributed by atoms with Gasteiger partial charge in [-0.3, -0.25) is 14.9 Å². The summed E-state index contributed by atoms with van der Waals surface area (Å²) in [6.45, 7) is 1.75. The molecule has 160 valence electrons. The standard InChI is InChI=1S/C22H21N3O6/c1-13(15-4-5-17-11-18(30-2)7-6-16(17)10-15)22(27)24-23-12-14-8-19(25(28)29)21(26)20(9-14)31-3/h4-13,26H,1-3H3,(H,24,27). The molecule has 1 amide bonds. The van der Waals surface area contributed by atoms with Crippen LogP contribution < -0.4 is 14.9 Å². The molecule has 0 aromatic heterocycles. The average Bonchev–Trinajstić information content (AvgIpc) is 2.78. The van der Waals surface area contributed by atoms with Crippen molar-refractivity contribution in [3.05, 3.63) is 69.8 Å². The molecule has 2 N–H and O–H groups in total. The van der Waals surface area contributed by atoms with Gasteiger partial charge in [0.2, 0.25) is 11.7 Å². The summed E-state index contributed by atoms with van der Waals surface area (Å²) >= 11 is 0. The predicted octanol–water partition coefficient (Wildman–Crippen LogP) is 3.72. The van der Waals surface area contributed by atoms with Crippen LogP contribution >= 0.6 is 0 Å². The number of nitro groups is 1. The number of carbonyl (C=O) groups excluding carboxylic acids is 1. The second-order valence-electron chi connectivity index (χ2n) is 6.78. The summed E-state index contributed by atoms with van der Waals surface area (Å²) in [5.41, 5.74) is 3.01. The number of hydrogen-bond donors (Lipinski definition) is 2. The smallest absolute Gasteiger partial charge is 0.315 e. The number of hydrazone groups is 1. The number of ether oxygens (including phenoxy) is 2. The van der Waals surface area contributed by atoms with Crippen molar-refractivity contribution in [3.63, 3.8) is 0 Å². The van der Waals surface area contributed by atoms with Crippen LogP contribution in [0.15, 0.2) is 53.6 Å². The highest BCUT2D eigenvalue weighted by Crippen LogP contribution is 2.36. The monoisotopic (exact) mass is 423 g/mol. The lowest BCUT2D eigenvalue weighted by Gasteiger charge is -2.11. The Balaban J connectivity index is 1.74. The molecule has 3 aromatic rings. The molecule has 0 saturated carbocycles. The molecule has 0 fully saturated rings. The molecule has 3 rings (SSSR count). The summed E-state index contributed by atoms with van der Waals surface area (Å²) in [4.78, 5) is 22.8. The van der Waals surface area contributed by atoms with E-state index in [9.17, 15) is 20.0 Å². The van der Waals surface area contributed by atoms with Crippen molar-refractivity contribution in [1.82, 2.24) is 5.43 Å². The van der Waals surface area contributed by atoms with E-state index in [0.717, 1.165) is 28.2 Å². The molecule has 3 aromatic carbocycles. The molecule has 0 saturated heterocycles. The number of fused-ring (bicyclic) bond motifs is 1. The van der Waals surface area contributed by atoms with Gasteiger partial charge in [0, 0.05) is 11.6 Å². The first-order valence-corrected chi connectivity index (χ1v) is 9.30. The zero-order chi connectivity index (χ0) is 22.5. The summed E-state index contributed by atoms with van der Waals surface area (Å²) in [5.74, 6) is -0.706. The Bertz CT molecular complexity index is 1180. The van der Waals surface area contributed by atoms with Gasteiger partial charge >= 0.3 is 5.69 Å². The Morgan fingerprint density at radius 1 is 1.13 bits per heavy atom. The van der Waals surface area contributed by atoms with Crippen LogP contribution in [0.3, 0.4) is 0 Å². The molecular weight excluding hydrogens is 402 g/mol. The third-order valence-electron chi connectivity index (χ3n) is 4.85. The van der Waals surface area contributed by atoms with E-state index in [1.807, 2.05) is 36.4 Å². The lowest BCUT2D eigenvalue weighted by molar-refractivity contribution is -0.386. The summed E-state index contributed by atoms with van der Waals surface area (Å²) in [7, 11) is 2.89. The highest BCUT2D eigenvalue weighted by molar-refractivity contribution is 5.89. The van der Waals surface area contributed by atoms with Crippen LogP contribution in [0.5, 0.6) is 17.2 Å². The SMILES string of the molecule is COc1ccc2cc(C(C)C(=O)NN=Cc3cc(OC)c(O)c([N+](=O)[O-])c3)ccc2c1. The molecule has 0 aliphatic carbocycles. The second kappa shape index (κ2) is 9.12. The van der Waals surface area contributed by atoms with E-state index in [-0.39, 0.29) is 17.2 Å². The number of hydrogen-bond acceptors (Lipinski definition) is 7. The van der Waals surface area contributed by atoms with Gasteiger partial charge in [-0.15, -0.1) is 0 Å². The lowest BCUT2D eigenvalue weighted by atomic mass is 9.97. The summed E-state index contributed by atoms with van der Waals surface area (Å²) in [6, 6.07) is 13.9. The van der Waals surface area contributed by atoms with Gasteiger partial charge in [-0.1, -0.05) is 24.3 Å². The fourth-order valence-corrected chi connectivity index (χ4v) is 3.04. The lowest BCUT2D eigenvalue weighted by Crippen LogP contribution is -2.23. The number of nitrogens with one attached hydrogen (secondary N) is 1. The maximum absolute atomic E-state index is 12.5. The molecule has 1 unspecified atom stereocenters. The molecule has 0 aliphatic heterocycles. The van der Waals surface area contributed by atoms with Crippen molar-refractivity contribution >= 4 is 28.6 Å². The molecule has 9 nitrogen and oxygen atoms in total. The highest BCUT2D eigenvalue weighted by Gasteiger charge is 2.19. The number of phenolic OH excluding ortho intramolecular Hbond substituents is 1. The first kappa shape index (κ1) is 21.6. The van der Waals surface area contributed by atoms with Crippen LogP contribution in [0.2, 0.25) is 0 Å². The van der Waals surface area contributed by atoms with Crippen LogP contribution in [0.4, 0.5) is 5.69 Å². The number of carbonyl (C=O) groups is 1. The van der Waals surface area contributed by atoms with Gasteiger partial charge in [0.25, 0.3) is 0 Å². The number of methoxy groups -OCH3 is 2. The first-order valence-electron chi connectivity index (χ1n) is 9.30. The van der Waals surface area contributed by atoms with Gasteiger partial charge in [-0.25, -0.2) is 5.43 Å². The van der Waals surface area contributed by atoms with Gasteiger partial charge in [-0.2, -0.15) is 5.10 Å². The van der Waals surface area contributed by atoms with Crippen molar-refractivity contribution in [3.8, 4) is 17.2 Å². The molecular formula is C22H21N3O6. The van der Waals surface area contributed by atoms with Gasteiger partial charge < -0.3 is 14.6 Å². The van der Waals surface area contributed by atoms with Gasteiger partial charge in [0.15, 0.2) is 5.75 Å². The number of amides is 1. The maximum atomic E-state index is 12.5. The molecule has 31 heavy (non-hydrogen) atoms. The molecule has 0 spiro atoms. The topological polar surface area (TPSA) is 123 Å². The second-order valence-corrected chi connectivity index (χ2v) is 6.78. The fourth-order valence-electron chi connectivity index (χ4n) is 3.04. The fraction of sp³-hybridized carbons (Fsp3) is 0.182. The molecule has 0 heterocycles. The molecule has 0 aliphatic rings. The zero-order valence-corrected chi connectivity index (χ0v) is 17.2. The maximum Gasteiger partial charge on any atom is 0.315 e. The predicted molar refractivity (Wildman–Crippen MR) is 116 cm³/mol. The third kappa shape index (κ3) is 4.72. The van der Waals surface area contributed by atoms with Crippen molar-refractivity contribution in [2.45, 2.75) is 12.8 Å². The Morgan fingerprint density at radius 3 is 2.52 bits per heavy atom. The number of phenols is 1. The minimum atomic E-state index is -0.731. The van der Waals surface area contributed by atoms with Crippen molar-refractivity contribution in [2.75, 3.05) is 14.2 Å². The minimum absolute atomic E-state index is 0.0665. The number of aromatic hydroxyl groups is 1. The molecule has 0 radical (unpaired) electrons. The molecule has 0 bridgehead atoms. The summed E-state index contributed by atoms with van der Waals surface area (Å²) < 4.78 is 10.2. The van der Waals surface area contributed by atoms with Crippen LogP contribution in [0, 0.1) is 10.1 Å². The zero-order valence-electron chi connectivity index (χ0n) is 17.2. The quantitative estimate of drug-likeness (QED) is 0.339. The van der Waals surface area contributed by atoms with Gasteiger partial charge in [0.1, 0.15) is 5.75 Å². The van der Waals surface area contributed by atoms with E-state index in [4.69, 9.17) is 9.47 Å². The van der Waals surface area contributed by atoms with Crippen LogP contribution in [0.25, 0.3) is 10.8 Å². The van der Waals surface area contributed by atoms with E-state index >= 15 is 0 Å². The van der Waals surface area contributed by atoms with E-state index in [2.05, 4.69) is 10.5 Å². The van der Waals surface area contributed by atoms with E-state index in [1.165, 1.54) is 19.4 Å². The van der Waals surface area contributed by atoms with Gasteiger partial charge in [-0.05, 0) is 41.5 Å². The Kier molecular flexibility index (Phi) is 6.35. The normalized spacial score (nSPS) is 12.0. The Morgan fingerprint density at radius 2 is 1.84 bits per heavy atom. The first-order chi connectivity index (χ1) is 14.8. The number of benzene rings is 3. The average molecular weight is 423 g/mol. The van der Waals surface area contributed by atoms with Crippen LogP contribution in [0.1, 0.15) is 24.0 Å². The van der Waals surface area contributed by atoms with Crippen molar-refractivity contribution in [2.24, 2.45) is 5.10 Å². The van der Waals surface area contributed by atoms with Crippen molar-refractivity contribution < 1.29 is 24.3 Å². The number of nitro benzene ring substituents is 1. The largest absolute Gasteiger partial charge is 0.500 e. The summed E-state index contributed by atoms with van der Waals surface area (Å²) in [5, 5.41) is 26.7. The van der Waals surface area contributed by atoms with E-state index in [1.54, 1.807) is 14.0 Å². The third-order valence-corrected chi connectivity index (χ3v) is 4.85.